The number of nitrogens with zero attached hydrogens (tertiary/aromatic N) is 2. The minimum absolute atomic E-state index is 0. The van der Waals surface area contributed by atoms with Crippen LogP contribution in [0.1, 0.15) is 46.5 Å². The zero-order valence-corrected chi connectivity index (χ0v) is 48.8. The van der Waals surface area contributed by atoms with Gasteiger partial charge in [0.15, 0.2) is 0 Å². The van der Waals surface area contributed by atoms with Crippen molar-refractivity contribution in [2.75, 3.05) is 113 Å². The van der Waals surface area contributed by atoms with Crippen LogP contribution in [0.15, 0.2) is 0 Å². The van der Waals surface area contributed by atoms with Gasteiger partial charge in [-0.05, 0) is 63.9 Å². The van der Waals surface area contributed by atoms with Crippen LogP contribution in [0.5, 0.6) is 0 Å². The van der Waals surface area contributed by atoms with Crippen molar-refractivity contribution < 1.29 is 131 Å². The van der Waals surface area contributed by atoms with Crippen LogP contribution < -0.4 is 84.8 Å². The average molecular weight is 1100 g/mol. The molecule has 0 aliphatic carbocycles. The van der Waals surface area contributed by atoms with E-state index in [-0.39, 0.29) is 142 Å². The van der Waals surface area contributed by atoms with E-state index in [0.29, 0.717) is 13.2 Å². The molecule has 0 aliphatic rings. The second-order valence-electron chi connectivity index (χ2n) is 10.0. The van der Waals surface area contributed by atoms with Crippen molar-refractivity contribution in [2.24, 2.45) is 0 Å². The molecular formula is C31H66CsN6O6S8Y-3. The summed E-state index contributed by atoms with van der Waals surface area (Å²) in [5.74, 6) is 5.85. The van der Waals surface area contributed by atoms with Crippen LogP contribution in [-0.2, 0) is 63.6 Å². The Hall–Kier alpha value is 3.97. The molecule has 53 heavy (non-hydrogen) atoms. The Bertz CT molecular complexity index is 778. The van der Waals surface area contributed by atoms with E-state index in [1.807, 2.05) is 64.8 Å². The van der Waals surface area contributed by atoms with Crippen LogP contribution in [0.25, 0.3) is 5.73 Å². The molecule has 1 radical (unpaired) electrons. The molecule has 0 aromatic heterocycles. The molecule has 0 saturated heterocycles. The molecular weight excluding hydrogens is 1030 g/mol. The summed E-state index contributed by atoms with van der Waals surface area (Å²) >= 11 is 4.84. The van der Waals surface area contributed by atoms with Gasteiger partial charge in [0.1, 0.15) is 6.61 Å². The maximum Gasteiger partial charge on any atom is 1.00 e. The molecule has 0 aliphatic heterocycles. The monoisotopic (exact) mass is 1100 g/mol. The van der Waals surface area contributed by atoms with E-state index in [1.54, 1.807) is 0 Å². The molecule has 3 amide bonds. The molecule has 1 atom stereocenters. The van der Waals surface area contributed by atoms with Crippen molar-refractivity contribution in [1.82, 2.24) is 25.8 Å². The van der Waals surface area contributed by atoms with Crippen molar-refractivity contribution >= 4 is 105 Å². The van der Waals surface area contributed by atoms with E-state index in [1.165, 1.54) is 29.9 Å². The number of carbonyl (C=O) groups excluding carboxylic acids is 3. The third-order valence-corrected chi connectivity index (χ3v) is 14.0. The molecule has 311 valence electrons. The third-order valence-electron chi connectivity index (χ3n) is 6.06. The maximum absolute atomic E-state index is 11.9. The van der Waals surface area contributed by atoms with Crippen molar-refractivity contribution in [3.05, 3.63) is 20.6 Å². The molecule has 1 unspecified atom stereocenters. The summed E-state index contributed by atoms with van der Waals surface area (Å²) in [5.41, 5.74) is 7.31. The van der Waals surface area contributed by atoms with E-state index in [2.05, 4.69) is 50.7 Å². The van der Waals surface area contributed by atoms with Crippen LogP contribution in [0.2, 0.25) is 0 Å². The number of ether oxygens (including phenoxy) is 1. The number of amides is 3. The Morgan fingerprint density at radius 2 is 1.28 bits per heavy atom. The summed E-state index contributed by atoms with van der Waals surface area (Å²) in [6.07, 6.45) is 6.11. The Labute approximate surface area is 440 Å². The van der Waals surface area contributed by atoms with Crippen molar-refractivity contribution in [2.45, 2.75) is 52.5 Å². The number of carbonyl (C=O) groups is 3. The summed E-state index contributed by atoms with van der Waals surface area (Å²) in [5, 5.41) is 16.1. The average Bonchev–Trinajstić information content (AvgIpc) is 3.09. The Balaban J connectivity index is -0.000000236. The van der Waals surface area contributed by atoms with Gasteiger partial charge in [0.05, 0.1) is 19.2 Å². The summed E-state index contributed by atoms with van der Waals surface area (Å²) < 4.78 is 5.09. The quantitative estimate of drug-likeness (QED) is 0.0187. The van der Waals surface area contributed by atoms with Gasteiger partial charge >= 0.3 is 75.0 Å². The van der Waals surface area contributed by atoms with Crippen LogP contribution in [0, 0.1) is 14.9 Å². The normalized spacial score (nSPS) is 10.7. The zero-order chi connectivity index (χ0) is 36.8. The molecule has 0 saturated carbocycles. The molecule has 0 heterocycles. The molecule has 5 N–H and O–H groups in total. The molecule has 0 fully saturated rings. The fourth-order valence-electron chi connectivity index (χ4n) is 3.86. The maximum atomic E-state index is 11.9. The van der Waals surface area contributed by atoms with Gasteiger partial charge in [-0.1, -0.05) is 78.6 Å². The molecule has 0 aromatic rings. The summed E-state index contributed by atoms with van der Waals surface area (Å²) in [4.78, 5) is 43.6. The fourth-order valence-corrected chi connectivity index (χ4v) is 9.20. The largest absolute Gasteiger partial charge is 1.00 e. The molecule has 0 rings (SSSR count). The van der Waals surface area contributed by atoms with Gasteiger partial charge in [-0.15, -0.1) is 6.54 Å². The summed E-state index contributed by atoms with van der Waals surface area (Å²) in [6, 6.07) is -0.903. The standard InChI is InChI=1S/C20H40N5O4S4.C9H21NO2S4.2CH3.Cs.Y/c1-4-30-32-14-6-10-25(11-7-15-33-31-5-2)12-8-23-20(28)29-13-9-22-19(27)18(16-21)24-17(3)26;1-14-16-9-3-5-10(6-7-12-11)4-2-8-15-13;;;;/h18,21H,4-16H2,1-3H3,(H,22,27)(H,23,28)(H,24,26);11,13H,2-9H2,1H3;2*1H3;;/q-1;;2*-1;+1;/p-1. The van der Waals surface area contributed by atoms with Gasteiger partial charge in [0, 0.05) is 88.0 Å². The molecule has 22 heteroatoms. The number of rotatable bonds is 33. The number of hydrogen-bond acceptors (Lipinski definition) is 16. The fraction of sp³-hybridized carbons (Fsp3) is 0.839. The van der Waals surface area contributed by atoms with Crippen molar-refractivity contribution in [3.63, 3.8) is 0 Å². The minimum Gasteiger partial charge on any atom is -0.719 e. The Morgan fingerprint density at radius 3 is 1.74 bits per heavy atom. The summed E-state index contributed by atoms with van der Waals surface area (Å²) in [6.45, 7) is 12.1. The SMILES string of the molecule is CCSSCCCN(CCCSSCC)CCNC(=O)OCCNC(=O)C(C[NH-])NC(C)=O.CSSCCCN(CCCS[S-])CCOO.[CH3-].[CH3-].[Cs+].[Y]. The summed E-state index contributed by atoms with van der Waals surface area (Å²) in [7, 11) is 12.8. The Kier molecular flexibility index (Phi) is 72.5. The minimum atomic E-state index is -0.903. The van der Waals surface area contributed by atoms with Gasteiger partial charge < -0.3 is 73.5 Å². The van der Waals surface area contributed by atoms with Crippen LogP contribution in [-0.4, -0.2) is 152 Å². The van der Waals surface area contributed by atoms with Crippen molar-refractivity contribution in [1.29, 1.82) is 0 Å². The zero-order valence-electron chi connectivity index (χ0n) is 33.2. The smallest absolute Gasteiger partial charge is 0.719 e. The number of alkyl carbamates (subject to hydrolysis) is 1. The predicted molar refractivity (Wildman–Crippen MR) is 239 cm³/mol. The third kappa shape index (κ3) is 52.0. The first kappa shape index (κ1) is 68.7. The predicted octanol–water partition coefficient (Wildman–Crippen LogP) is 3.94. The van der Waals surface area contributed by atoms with E-state index in [4.69, 9.17) is 27.4 Å². The molecule has 0 bridgehead atoms. The molecule has 0 aromatic carbocycles. The molecule has 12 nitrogen and oxygen atoms in total. The van der Waals surface area contributed by atoms with Crippen LogP contribution in [0.4, 0.5) is 4.79 Å². The second kappa shape index (κ2) is 56.0. The molecule has 0 spiro atoms. The first-order valence-electron chi connectivity index (χ1n) is 16.5. The van der Waals surface area contributed by atoms with Gasteiger partial charge in [-0.2, -0.15) is 0 Å². The van der Waals surface area contributed by atoms with E-state index in [9.17, 15) is 14.4 Å². The van der Waals surface area contributed by atoms with Gasteiger partial charge in [0.25, 0.3) is 0 Å². The topological polar surface area (TPSA) is 156 Å². The van der Waals surface area contributed by atoms with Gasteiger partial charge in [-0.3, -0.25) is 14.8 Å². The first-order valence-corrected chi connectivity index (χ1v) is 26.1. The number of nitrogens with one attached hydrogen (secondary N) is 4. The van der Waals surface area contributed by atoms with E-state index < -0.39 is 18.0 Å². The Morgan fingerprint density at radius 1 is 0.774 bits per heavy atom. The first-order chi connectivity index (χ1) is 23.8. The van der Waals surface area contributed by atoms with Crippen molar-refractivity contribution in [3.8, 4) is 0 Å². The number of hydrogen-bond donors (Lipinski definition) is 4. The van der Waals surface area contributed by atoms with Crippen LogP contribution >= 0.6 is 75.6 Å². The van der Waals surface area contributed by atoms with E-state index >= 15 is 0 Å². The van der Waals surface area contributed by atoms with Gasteiger partial charge in [-0.25, -0.2) is 9.68 Å². The second-order valence-corrected chi connectivity index (χ2v) is 19.8. The van der Waals surface area contributed by atoms with Crippen LogP contribution in [0.3, 0.4) is 0 Å². The van der Waals surface area contributed by atoms with E-state index in [0.717, 1.165) is 87.3 Å². The van der Waals surface area contributed by atoms with Gasteiger partial charge in [0.2, 0.25) is 11.8 Å².